The molecular formula is C22H20F6N8. The van der Waals surface area contributed by atoms with Gasteiger partial charge in [-0.1, -0.05) is 0 Å². The van der Waals surface area contributed by atoms with Crippen LogP contribution in [0.15, 0.2) is 49.2 Å². The van der Waals surface area contributed by atoms with Crippen LogP contribution in [0.2, 0.25) is 0 Å². The Morgan fingerprint density at radius 3 is 2.56 bits per heavy atom. The Morgan fingerprint density at radius 2 is 1.83 bits per heavy atom. The maximum atomic E-state index is 13.2. The Hall–Kier alpha value is -3.68. The van der Waals surface area contributed by atoms with Gasteiger partial charge in [-0.15, -0.1) is 0 Å². The van der Waals surface area contributed by atoms with E-state index in [-0.39, 0.29) is 24.1 Å². The molecule has 0 aromatic carbocycles. The Bertz CT molecular complexity index is 1330. The Morgan fingerprint density at radius 1 is 1.00 bits per heavy atom. The van der Waals surface area contributed by atoms with E-state index in [4.69, 9.17) is 0 Å². The number of hydrogen-bond donors (Lipinski definition) is 1. The molecule has 4 aromatic rings. The van der Waals surface area contributed by atoms with Crippen molar-refractivity contribution in [3.05, 3.63) is 60.3 Å². The number of aromatic nitrogens is 6. The van der Waals surface area contributed by atoms with E-state index in [2.05, 4.69) is 25.1 Å². The van der Waals surface area contributed by atoms with Crippen molar-refractivity contribution in [1.82, 2.24) is 34.4 Å². The largest absolute Gasteiger partial charge is 0.417 e. The van der Waals surface area contributed by atoms with Crippen molar-refractivity contribution in [2.45, 2.75) is 24.8 Å². The molecule has 1 aliphatic heterocycles. The summed E-state index contributed by atoms with van der Waals surface area (Å²) in [6.45, 7) is 0.967. The lowest BCUT2D eigenvalue weighted by Gasteiger charge is -2.41. The average molecular weight is 510 g/mol. The summed E-state index contributed by atoms with van der Waals surface area (Å²) < 4.78 is 79.5. The quantitative estimate of drug-likeness (QED) is 0.403. The second-order valence-electron chi connectivity index (χ2n) is 8.42. The van der Waals surface area contributed by atoms with Crippen molar-refractivity contribution in [1.29, 1.82) is 0 Å². The smallest absolute Gasteiger partial charge is 0.353 e. The van der Waals surface area contributed by atoms with Gasteiger partial charge >= 0.3 is 12.4 Å². The molecule has 1 N–H and O–H groups in total. The van der Waals surface area contributed by atoms with E-state index in [0.29, 0.717) is 31.1 Å². The molecule has 1 atom stereocenters. The highest BCUT2D eigenvalue weighted by Gasteiger charge is 2.34. The fraction of sp³-hybridized carbons (Fsp3) is 0.364. The topological polar surface area (TPSA) is 78.2 Å². The molecule has 1 saturated heterocycles. The van der Waals surface area contributed by atoms with Gasteiger partial charge in [-0.2, -0.15) is 31.4 Å². The van der Waals surface area contributed by atoms with Crippen LogP contribution < -0.4 is 4.90 Å². The van der Waals surface area contributed by atoms with Crippen LogP contribution in [0.3, 0.4) is 0 Å². The molecule has 0 saturated carbocycles. The number of anilines is 1. The lowest BCUT2D eigenvalue weighted by Crippen LogP contribution is -2.49. The first kappa shape index (κ1) is 24.0. The van der Waals surface area contributed by atoms with Gasteiger partial charge in [0.25, 0.3) is 0 Å². The number of nitrogens with one attached hydrogen (secondary N) is 1. The standard InChI is InChI=1S/C22H20F6N8/c23-21(24,25)4-6-34-7-8-35(13-17(34)14-9-31-32-10-14)19-3-5-29-20(33-19)16-11-30-18-2-1-15(12-36(16)18)22(26,27)28/h1-3,5,9-12,17H,4,6-8,13H2,(H,31,32). The third-order valence-corrected chi connectivity index (χ3v) is 6.10. The summed E-state index contributed by atoms with van der Waals surface area (Å²) in [5.74, 6) is 0.685. The minimum absolute atomic E-state index is 0.147. The fourth-order valence-corrected chi connectivity index (χ4v) is 4.29. The highest BCUT2D eigenvalue weighted by Crippen LogP contribution is 2.32. The second kappa shape index (κ2) is 9.08. The van der Waals surface area contributed by atoms with Gasteiger partial charge in [-0.25, -0.2) is 15.0 Å². The van der Waals surface area contributed by atoms with E-state index >= 15 is 0 Å². The highest BCUT2D eigenvalue weighted by molar-refractivity contribution is 5.59. The second-order valence-corrected chi connectivity index (χ2v) is 8.42. The number of H-pyrrole nitrogens is 1. The molecule has 8 nitrogen and oxygen atoms in total. The first-order chi connectivity index (χ1) is 17.1. The van der Waals surface area contributed by atoms with E-state index in [1.807, 2.05) is 4.90 Å². The molecule has 5 heterocycles. The van der Waals surface area contributed by atoms with Crippen molar-refractivity contribution in [3.8, 4) is 11.5 Å². The number of rotatable bonds is 5. The zero-order valence-corrected chi connectivity index (χ0v) is 18.6. The summed E-state index contributed by atoms with van der Waals surface area (Å²) in [5.41, 5.74) is 0.513. The minimum Gasteiger partial charge on any atom is -0.353 e. The fourth-order valence-electron chi connectivity index (χ4n) is 4.29. The molecule has 1 unspecified atom stereocenters. The summed E-state index contributed by atoms with van der Waals surface area (Å²) in [6, 6.07) is 3.53. The van der Waals surface area contributed by atoms with Gasteiger partial charge in [0.05, 0.1) is 30.4 Å². The predicted octanol–water partition coefficient (Wildman–Crippen LogP) is 4.35. The number of fused-ring (bicyclic) bond motifs is 1. The number of aromatic amines is 1. The maximum Gasteiger partial charge on any atom is 0.417 e. The number of hydrogen-bond acceptors (Lipinski definition) is 6. The first-order valence-corrected chi connectivity index (χ1v) is 11.0. The van der Waals surface area contributed by atoms with Crippen molar-refractivity contribution >= 4 is 11.5 Å². The Labute approximate surface area is 200 Å². The molecule has 190 valence electrons. The first-order valence-electron chi connectivity index (χ1n) is 11.0. The minimum atomic E-state index is -4.52. The van der Waals surface area contributed by atoms with Crippen molar-refractivity contribution in [2.24, 2.45) is 0 Å². The van der Waals surface area contributed by atoms with Crippen LogP contribution in [-0.2, 0) is 6.18 Å². The number of piperazine rings is 1. The normalized spacial score (nSPS) is 17.7. The molecule has 36 heavy (non-hydrogen) atoms. The van der Waals surface area contributed by atoms with Gasteiger partial charge < -0.3 is 4.90 Å². The van der Waals surface area contributed by atoms with Crippen LogP contribution >= 0.6 is 0 Å². The molecule has 1 fully saturated rings. The Balaban J connectivity index is 1.42. The number of imidazole rings is 1. The third-order valence-electron chi connectivity index (χ3n) is 6.10. The highest BCUT2D eigenvalue weighted by atomic mass is 19.4. The predicted molar refractivity (Wildman–Crippen MR) is 117 cm³/mol. The van der Waals surface area contributed by atoms with Crippen LogP contribution in [0.5, 0.6) is 0 Å². The molecule has 0 amide bonds. The van der Waals surface area contributed by atoms with Gasteiger partial charge in [0, 0.05) is 50.3 Å². The summed E-state index contributed by atoms with van der Waals surface area (Å²) in [6.07, 6.45) is -2.64. The zero-order chi connectivity index (χ0) is 25.5. The Kier molecular flexibility index (Phi) is 6.06. The van der Waals surface area contributed by atoms with Crippen molar-refractivity contribution in [3.63, 3.8) is 0 Å². The molecule has 0 radical (unpaired) electrons. The van der Waals surface area contributed by atoms with Gasteiger partial charge in [-0.3, -0.25) is 14.4 Å². The molecule has 5 rings (SSSR count). The van der Waals surface area contributed by atoms with E-state index < -0.39 is 24.3 Å². The van der Waals surface area contributed by atoms with Crippen molar-refractivity contribution in [2.75, 3.05) is 31.1 Å². The lowest BCUT2D eigenvalue weighted by atomic mass is 10.1. The summed E-state index contributed by atoms with van der Waals surface area (Å²) in [7, 11) is 0. The number of halogens is 6. The average Bonchev–Trinajstić information content (AvgIpc) is 3.51. The summed E-state index contributed by atoms with van der Waals surface area (Å²) in [5, 5.41) is 6.63. The summed E-state index contributed by atoms with van der Waals surface area (Å²) >= 11 is 0. The third kappa shape index (κ3) is 4.98. The van der Waals surface area contributed by atoms with Gasteiger partial charge in [0.2, 0.25) is 0 Å². The zero-order valence-electron chi connectivity index (χ0n) is 18.6. The van der Waals surface area contributed by atoms with Gasteiger partial charge in [0.1, 0.15) is 17.2 Å². The van der Waals surface area contributed by atoms with Crippen LogP contribution in [0, 0.1) is 0 Å². The van der Waals surface area contributed by atoms with Crippen LogP contribution in [0.1, 0.15) is 23.6 Å². The van der Waals surface area contributed by atoms with E-state index in [1.54, 1.807) is 23.4 Å². The summed E-state index contributed by atoms with van der Waals surface area (Å²) in [4.78, 5) is 16.6. The lowest BCUT2D eigenvalue weighted by molar-refractivity contribution is -0.139. The SMILES string of the molecule is FC(F)(F)CCN1CCN(c2ccnc(-c3cnc4ccc(C(F)(F)F)cn34)n2)CC1c1cn[nH]c1. The van der Waals surface area contributed by atoms with Crippen molar-refractivity contribution < 1.29 is 26.3 Å². The van der Waals surface area contributed by atoms with E-state index in [1.165, 1.54) is 22.9 Å². The van der Waals surface area contributed by atoms with Crippen LogP contribution in [0.25, 0.3) is 17.2 Å². The number of alkyl halides is 6. The maximum absolute atomic E-state index is 13.2. The molecule has 4 aromatic heterocycles. The van der Waals surface area contributed by atoms with E-state index in [0.717, 1.165) is 17.8 Å². The molecule has 0 spiro atoms. The van der Waals surface area contributed by atoms with E-state index in [9.17, 15) is 26.3 Å². The number of pyridine rings is 1. The molecule has 0 aliphatic carbocycles. The number of nitrogens with zero attached hydrogens (tertiary/aromatic N) is 7. The monoisotopic (exact) mass is 510 g/mol. The van der Waals surface area contributed by atoms with Gasteiger partial charge in [0.15, 0.2) is 5.82 Å². The van der Waals surface area contributed by atoms with Crippen LogP contribution in [-0.4, -0.2) is 66.8 Å². The molecular weight excluding hydrogens is 490 g/mol. The van der Waals surface area contributed by atoms with Crippen LogP contribution in [0.4, 0.5) is 32.2 Å². The molecule has 1 aliphatic rings. The molecule has 14 heteroatoms. The van der Waals surface area contributed by atoms with Gasteiger partial charge in [-0.05, 0) is 18.2 Å². The molecule has 0 bridgehead atoms.